The number of nitrogens with one attached hydrogen (secondary N) is 1. The van der Waals surface area contributed by atoms with E-state index in [1.54, 1.807) is 30.1 Å². The number of hydrogen-bond donors (Lipinski definition) is 1. The number of imidazole rings is 1. The number of fused-ring (bicyclic) bond motifs is 1. The fraction of sp³-hybridized carbons (Fsp3) is 0.0870. The lowest BCUT2D eigenvalue weighted by atomic mass is 10.1. The predicted molar refractivity (Wildman–Crippen MR) is 120 cm³/mol. The van der Waals surface area contributed by atoms with Crippen LogP contribution in [0.15, 0.2) is 72.4 Å². The van der Waals surface area contributed by atoms with Crippen LogP contribution in [0.25, 0.3) is 33.7 Å². The molecule has 3 aromatic heterocycles. The maximum Gasteiger partial charge on any atom is 0.416 e. The Labute approximate surface area is 185 Å². The molecule has 32 heavy (non-hydrogen) atoms. The number of hydrogen-bond acceptors (Lipinski definition) is 5. The van der Waals surface area contributed by atoms with Crippen LogP contribution in [0.1, 0.15) is 5.56 Å². The number of halogens is 3. The largest absolute Gasteiger partial charge is 0.416 e. The molecule has 1 N–H and O–H groups in total. The molecule has 160 valence electrons. The molecule has 0 atom stereocenters. The molecular weight excluding hydrogens is 435 g/mol. The number of rotatable bonds is 4. The molecule has 5 rings (SSSR count). The van der Waals surface area contributed by atoms with E-state index in [2.05, 4.69) is 20.3 Å². The van der Waals surface area contributed by atoms with Crippen molar-refractivity contribution in [3.63, 3.8) is 0 Å². The molecule has 0 saturated heterocycles. The summed E-state index contributed by atoms with van der Waals surface area (Å²) in [6.45, 7) is 0. The lowest BCUT2D eigenvalue weighted by Gasteiger charge is -2.08. The Kier molecular flexibility index (Phi) is 4.90. The van der Waals surface area contributed by atoms with Crippen molar-refractivity contribution >= 4 is 33.2 Å². The average Bonchev–Trinajstić information content (AvgIpc) is 3.38. The molecule has 0 spiro atoms. The Morgan fingerprint density at radius 2 is 1.81 bits per heavy atom. The molecule has 0 radical (unpaired) electrons. The van der Waals surface area contributed by atoms with E-state index in [1.165, 1.54) is 17.4 Å². The van der Waals surface area contributed by atoms with Crippen molar-refractivity contribution in [2.45, 2.75) is 6.18 Å². The van der Waals surface area contributed by atoms with Gasteiger partial charge in [0.2, 0.25) is 0 Å². The summed E-state index contributed by atoms with van der Waals surface area (Å²) in [7, 11) is 1.79. The van der Waals surface area contributed by atoms with Crippen molar-refractivity contribution in [1.82, 2.24) is 19.5 Å². The summed E-state index contributed by atoms with van der Waals surface area (Å²) >= 11 is 1.47. The summed E-state index contributed by atoms with van der Waals surface area (Å²) in [6.07, 6.45) is -0.932. The van der Waals surface area contributed by atoms with Crippen LogP contribution < -0.4 is 5.32 Å². The highest BCUT2D eigenvalue weighted by Gasteiger charge is 2.30. The third-order valence-electron chi connectivity index (χ3n) is 5.04. The first-order valence-corrected chi connectivity index (χ1v) is 10.5. The Hall–Kier alpha value is -3.72. The van der Waals surface area contributed by atoms with Crippen LogP contribution in [0.4, 0.5) is 24.0 Å². The van der Waals surface area contributed by atoms with E-state index in [0.717, 1.165) is 39.7 Å². The van der Waals surface area contributed by atoms with Crippen LogP contribution >= 0.6 is 11.3 Å². The average molecular weight is 451 g/mol. The first kappa shape index (κ1) is 20.2. The third kappa shape index (κ3) is 3.82. The van der Waals surface area contributed by atoms with Crippen molar-refractivity contribution in [3.05, 3.63) is 77.9 Å². The molecular formula is C23H16F3N5S. The van der Waals surface area contributed by atoms with E-state index >= 15 is 0 Å². The molecule has 0 fully saturated rings. The predicted octanol–water partition coefficient (Wildman–Crippen LogP) is 6.52. The van der Waals surface area contributed by atoms with Gasteiger partial charge in [0, 0.05) is 41.6 Å². The van der Waals surface area contributed by atoms with E-state index in [9.17, 15) is 13.2 Å². The lowest BCUT2D eigenvalue weighted by Crippen LogP contribution is -2.05. The fourth-order valence-electron chi connectivity index (χ4n) is 3.47. The van der Waals surface area contributed by atoms with Crippen LogP contribution in [0.3, 0.4) is 0 Å². The van der Waals surface area contributed by atoms with Gasteiger partial charge in [0.15, 0.2) is 5.13 Å². The summed E-state index contributed by atoms with van der Waals surface area (Å²) in [5.41, 5.74) is 3.76. The summed E-state index contributed by atoms with van der Waals surface area (Å²) in [5.74, 6) is 0.469. The number of aromatic nitrogens is 4. The molecule has 0 amide bonds. The molecule has 0 aliphatic rings. The number of thiazole rings is 1. The molecule has 0 bridgehead atoms. The highest BCUT2D eigenvalue weighted by atomic mass is 32.1. The first-order valence-electron chi connectivity index (χ1n) is 9.65. The van der Waals surface area contributed by atoms with E-state index < -0.39 is 11.7 Å². The minimum atomic E-state index is -4.40. The zero-order chi connectivity index (χ0) is 22.3. The second-order valence-corrected chi connectivity index (χ2v) is 8.04. The summed E-state index contributed by atoms with van der Waals surface area (Å²) < 4.78 is 41.1. The van der Waals surface area contributed by atoms with Gasteiger partial charge >= 0.3 is 6.18 Å². The SMILES string of the molecule is Cn1c(-c2cccc(C(F)(F)F)c2)nc2cc(Nc3nc(-c4cccnc4)cs3)ccc21. The van der Waals surface area contributed by atoms with Crippen molar-refractivity contribution < 1.29 is 13.2 Å². The molecule has 0 saturated carbocycles. The Bertz CT molecular complexity index is 1410. The van der Waals surface area contributed by atoms with E-state index in [1.807, 2.05) is 35.7 Å². The van der Waals surface area contributed by atoms with Gasteiger partial charge < -0.3 is 9.88 Å². The molecule has 5 aromatic rings. The number of benzene rings is 2. The number of nitrogens with zero attached hydrogens (tertiary/aromatic N) is 4. The minimum absolute atomic E-state index is 0.411. The number of pyridine rings is 1. The van der Waals surface area contributed by atoms with E-state index in [0.29, 0.717) is 16.9 Å². The van der Waals surface area contributed by atoms with Crippen LogP contribution in [-0.2, 0) is 13.2 Å². The van der Waals surface area contributed by atoms with Crippen LogP contribution in [0.5, 0.6) is 0 Å². The molecule has 2 aromatic carbocycles. The Morgan fingerprint density at radius 3 is 2.59 bits per heavy atom. The first-order chi connectivity index (χ1) is 15.4. The topological polar surface area (TPSA) is 55.6 Å². The van der Waals surface area contributed by atoms with Crippen LogP contribution in [0, 0.1) is 0 Å². The summed E-state index contributed by atoms with van der Waals surface area (Å²) in [6, 6.07) is 14.6. The van der Waals surface area contributed by atoms with E-state index in [-0.39, 0.29) is 0 Å². The number of anilines is 2. The normalized spacial score (nSPS) is 11.8. The van der Waals surface area contributed by atoms with Gasteiger partial charge in [0.05, 0.1) is 22.3 Å². The molecule has 3 heterocycles. The third-order valence-corrected chi connectivity index (χ3v) is 5.80. The molecule has 0 unspecified atom stereocenters. The quantitative estimate of drug-likeness (QED) is 0.338. The van der Waals surface area contributed by atoms with Gasteiger partial charge in [-0.15, -0.1) is 11.3 Å². The fourth-order valence-corrected chi connectivity index (χ4v) is 4.21. The van der Waals surface area contributed by atoms with Crippen LogP contribution in [0.2, 0.25) is 0 Å². The van der Waals surface area contributed by atoms with Gasteiger partial charge in [0.25, 0.3) is 0 Å². The maximum atomic E-state index is 13.1. The number of alkyl halides is 3. The molecule has 0 aliphatic heterocycles. The second kappa shape index (κ2) is 7.76. The second-order valence-electron chi connectivity index (χ2n) is 7.18. The molecule has 5 nitrogen and oxygen atoms in total. The maximum absolute atomic E-state index is 13.1. The molecule has 9 heteroatoms. The van der Waals surface area contributed by atoms with Crippen molar-refractivity contribution in [2.24, 2.45) is 7.05 Å². The van der Waals surface area contributed by atoms with Gasteiger partial charge in [-0.1, -0.05) is 12.1 Å². The lowest BCUT2D eigenvalue weighted by molar-refractivity contribution is -0.137. The van der Waals surface area contributed by atoms with Crippen LogP contribution in [-0.4, -0.2) is 19.5 Å². The Morgan fingerprint density at radius 1 is 0.969 bits per heavy atom. The zero-order valence-corrected chi connectivity index (χ0v) is 17.6. The van der Waals surface area contributed by atoms with Crippen molar-refractivity contribution in [1.29, 1.82) is 0 Å². The Balaban J connectivity index is 1.45. The zero-order valence-electron chi connectivity index (χ0n) is 16.8. The number of aryl methyl sites for hydroxylation is 1. The highest BCUT2D eigenvalue weighted by Crippen LogP contribution is 2.33. The smallest absolute Gasteiger partial charge is 0.331 e. The van der Waals surface area contributed by atoms with Gasteiger partial charge in [-0.05, 0) is 42.5 Å². The summed E-state index contributed by atoms with van der Waals surface area (Å²) in [4.78, 5) is 13.3. The summed E-state index contributed by atoms with van der Waals surface area (Å²) in [5, 5.41) is 5.94. The van der Waals surface area contributed by atoms with Crippen molar-refractivity contribution in [3.8, 4) is 22.6 Å². The standard InChI is InChI=1S/C23H16F3N5S/c1-31-20-8-7-17(28-22-30-19(13-32-22)15-5-3-9-27-12-15)11-18(20)29-21(31)14-4-2-6-16(10-14)23(24,25)26/h2-13H,1H3,(H,28,30). The monoisotopic (exact) mass is 451 g/mol. The minimum Gasteiger partial charge on any atom is -0.331 e. The van der Waals surface area contributed by atoms with Gasteiger partial charge in [-0.25, -0.2) is 9.97 Å². The van der Waals surface area contributed by atoms with E-state index in [4.69, 9.17) is 0 Å². The highest BCUT2D eigenvalue weighted by molar-refractivity contribution is 7.14. The van der Waals surface area contributed by atoms with Gasteiger partial charge in [0.1, 0.15) is 5.82 Å². The van der Waals surface area contributed by atoms with Crippen molar-refractivity contribution in [2.75, 3.05) is 5.32 Å². The molecule has 0 aliphatic carbocycles. The van der Waals surface area contributed by atoms with Gasteiger partial charge in [-0.2, -0.15) is 13.2 Å². The van der Waals surface area contributed by atoms with Gasteiger partial charge in [-0.3, -0.25) is 4.98 Å².